The van der Waals surface area contributed by atoms with Gasteiger partial charge in [0.1, 0.15) is 11.5 Å². The number of fused-ring (bicyclic) bond motifs is 1. The van der Waals surface area contributed by atoms with Crippen molar-refractivity contribution in [2.24, 2.45) is 0 Å². The van der Waals surface area contributed by atoms with E-state index in [1.54, 1.807) is 28.0 Å². The highest BCUT2D eigenvalue weighted by Gasteiger charge is 2.24. The average molecular weight is 289 g/mol. The molecule has 0 radical (unpaired) electrons. The lowest BCUT2D eigenvalue weighted by Crippen LogP contribution is -2.50. The minimum Gasteiger partial charge on any atom is -0.348 e. The molecule has 2 aromatic rings. The maximum Gasteiger partial charge on any atom is 0.270 e. The molecule has 0 bridgehead atoms. The smallest absolute Gasteiger partial charge is 0.270 e. The molecule has 5 nitrogen and oxygen atoms in total. The van der Waals surface area contributed by atoms with E-state index in [0.29, 0.717) is 42.8 Å². The number of amides is 2. The number of piperazine rings is 1. The zero-order valence-electron chi connectivity index (χ0n) is 11.7. The number of nitrogens with one attached hydrogen (secondary N) is 1. The third kappa shape index (κ3) is 2.49. The lowest BCUT2D eigenvalue weighted by Gasteiger charge is -2.33. The van der Waals surface area contributed by atoms with Gasteiger partial charge in [-0.25, -0.2) is 4.39 Å². The largest absolute Gasteiger partial charge is 0.348 e. The van der Waals surface area contributed by atoms with Crippen molar-refractivity contribution in [1.29, 1.82) is 0 Å². The summed E-state index contributed by atoms with van der Waals surface area (Å²) in [5.74, 6) is -0.503. The molecule has 1 aromatic heterocycles. The minimum atomic E-state index is -0.368. The van der Waals surface area contributed by atoms with E-state index in [9.17, 15) is 14.0 Å². The molecule has 0 unspecified atom stereocenters. The highest BCUT2D eigenvalue weighted by molar-refractivity contribution is 5.98. The van der Waals surface area contributed by atoms with Crippen molar-refractivity contribution in [3.63, 3.8) is 0 Å². The Morgan fingerprint density at radius 1 is 1.14 bits per heavy atom. The van der Waals surface area contributed by atoms with Crippen LogP contribution in [0.3, 0.4) is 0 Å². The first kappa shape index (κ1) is 13.6. The van der Waals surface area contributed by atoms with E-state index in [-0.39, 0.29) is 17.6 Å². The van der Waals surface area contributed by atoms with Crippen LogP contribution in [0, 0.1) is 5.82 Å². The van der Waals surface area contributed by atoms with E-state index in [0.717, 1.165) is 0 Å². The van der Waals surface area contributed by atoms with E-state index in [1.165, 1.54) is 13.0 Å². The molecule has 2 amide bonds. The highest BCUT2D eigenvalue weighted by Crippen LogP contribution is 2.19. The molecule has 3 rings (SSSR count). The van der Waals surface area contributed by atoms with Gasteiger partial charge in [0, 0.05) is 38.5 Å². The normalized spacial score (nSPS) is 15.5. The summed E-state index contributed by atoms with van der Waals surface area (Å²) in [6.45, 7) is 3.59. The summed E-state index contributed by atoms with van der Waals surface area (Å²) in [6.07, 6.45) is 0. The Bertz CT molecular complexity index is 702. The number of aromatic amines is 1. The molecular weight excluding hydrogens is 273 g/mol. The Kier molecular flexibility index (Phi) is 3.37. The van der Waals surface area contributed by atoms with Gasteiger partial charge in [-0.15, -0.1) is 0 Å². The van der Waals surface area contributed by atoms with E-state index in [1.807, 2.05) is 0 Å². The number of hydrogen-bond donors (Lipinski definition) is 1. The maximum atomic E-state index is 13.6. The standard InChI is InChI=1S/C15H16FN3O2/c1-10(20)18-5-7-19(8-6-18)15(21)13-9-11-3-2-4-12(16)14(11)17-13/h2-4,9,17H,5-8H2,1H3. The zero-order valence-corrected chi connectivity index (χ0v) is 11.7. The molecule has 0 spiro atoms. The Hall–Kier alpha value is -2.37. The molecule has 6 heteroatoms. The lowest BCUT2D eigenvalue weighted by molar-refractivity contribution is -0.130. The Morgan fingerprint density at radius 2 is 1.81 bits per heavy atom. The lowest BCUT2D eigenvalue weighted by atomic mass is 10.2. The van der Waals surface area contributed by atoms with Crippen LogP contribution in [-0.2, 0) is 4.79 Å². The van der Waals surface area contributed by atoms with Gasteiger partial charge in [-0.3, -0.25) is 9.59 Å². The molecule has 0 saturated carbocycles. The van der Waals surface area contributed by atoms with Gasteiger partial charge in [-0.1, -0.05) is 12.1 Å². The van der Waals surface area contributed by atoms with Gasteiger partial charge < -0.3 is 14.8 Å². The molecule has 110 valence electrons. The summed E-state index contributed by atoms with van der Waals surface area (Å²) in [4.78, 5) is 29.9. The fourth-order valence-corrected chi connectivity index (χ4v) is 2.63. The topological polar surface area (TPSA) is 56.4 Å². The number of aromatic nitrogens is 1. The van der Waals surface area contributed by atoms with Crippen molar-refractivity contribution in [1.82, 2.24) is 14.8 Å². The third-order valence-electron chi connectivity index (χ3n) is 3.85. The Morgan fingerprint density at radius 3 is 2.43 bits per heavy atom. The van der Waals surface area contributed by atoms with Crippen molar-refractivity contribution in [2.45, 2.75) is 6.92 Å². The van der Waals surface area contributed by atoms with Crippen LogP contribution in [-0.4, -0.2) is 52.8 Å². The van der Waals surface area contributed by atoms with Crippen LogP contribution in [0.5, 0.6) is 0 Å². The second-order valence-electron chi connectivity index (χ2n) is 5.19. The van der Waals surface area contributed by atoms with Crippen LogP contribution < -0.4 is 0 Å². The molecule has 2 heterocycles. The molecule has 1 aliphatic rings. The van der Waals surface area contributed by atoms with Crippen LogP contribution in [0.4, 0.5) is 4.39 Å². The summed E-state index contributed by atoms with van der Waals surface area (Å²) < 4.78 is 13.6. The van der Waals surface area contributed by atoms with Gasteiger partial charge in [0.2, 0.25) is 5.91 Å². The summed E-state index contributed by atoms with van der Waals surface area (Å²) in [5, 5.41) is 0.681. The van der Waals surface area contributed by atoms with Crippen molar-refractivity contribution in [2.75, 3.05) is 26.2 Å². The second-order valence-corrected chi connectivity index (χ2v) is 5.19. The number of nitrogens with zero attached hydrogens (tertiary/aromatic N) is 2. The molecule has 1 N–H and O–H groups in total. The van der Waals surface area contributed by atoms with Crippen LogP contribution in [0.25, 0.3) is 10.9 Å². The third-order valence-corrected chi connectivity index (χ3v) is 3.85. The summed E-state index contributed by atoms with van der Waals surface area (Å²) >= 11 is 0. The van der Waals surface area contributed by atoms with Gasteiger partial charge >= 0.3 is 0 Å². The van der Waals surface area contributed by atoms with Crippen LogP contribution in [0.1, 0.15) is 17.4 Å². The number of hydrogen-bond acceptors (Lipinski definition) is 2. The first-order valence-corrected chi connectivity index (χ1v) is 6.88. The first-order chi connectivity index (χ1) is 10.1. The maximum absolute atomic E-state index is 13.6. The number of carbonyl (C=O) groups excluding carboxylic acids is 2. The zero-order chi connectivity index (χ0) is 15.0. The van der Waals surface area contributed by atoms with E-state index >= 15 is 0 Å². The SMILES string of the molecule is CC(=O)N1CCN(C(=O)c2cc3cccc(F)c3[nH]2)CC1. The number of rotatable bonds is 1. The van der Waals surface area contributed by atoms with Crippen LogP contribution in [0.15, 0.2) is 24.3 Å². The van der Waals surface area contributed by atoms with Crippen LogP contribution in [0.2, 0.25) is 0 Å². The number of benzene rings is 1. The molecule has 0 aliphatic carbocycles. The van der Waals surface area contributed by atoms with Gasteiger partial charge in [-0.05, 0) is 12.1 Å². The number of H-pyrrole nitrogens is 1. The van der Waals surface area contributed by atoms with Crippen molar-refractivity contribution >= 4 is 22.7 Å². The average Bonchev–Trinajstić information content (AvgIpc) is 2.92. The van der Waals surface area contributed by atoms with E-state index in [4.69, 9.17) is 0 Å². The van der Waals surface area contributed by atoms with Gasteiger partial charge in [0.05, 0.1) is 5.52 Å². The molecule has 1 fully saturated rings. The predicted octanol–water partition coefficient (Wildman–Crippen LogP) is 1.61. The summed E-state index contributed by atoms with van der Waals surface area (Å²) in [5.41, 5.74) is 0.731. The van der Waals surface area contributed by atoms with Gasteiger partial charge in [-0.2, -0.15) is 0 Å². The number of halogens is 1. The Balaban J connectivity index is 1.78. The van der Waals surface area contributed by atoms with Crippen molar-refractivity contribution in [3.8, 4) is 0 Å². The minimum absolute atomic E-state index is 0.0229. The summed E-state index contributed by atoms with van der Waals surface area (Å²) in [6, 6.07) is 6.40. The van der Waals surface area contributed by atoms with E-state index < -0.39 is 0 Å². The number of carbonyl (C=O) groups is 2. The van der Waals surface area contributed by atoms with Crippen molar-refractivity contribution < 1.29 is 14.0 Å². The quantitative estimate of drug-likeness (QED) is 0.867. The molecular formula is C15H16FN3O2. The molecule has 0 atom stereocenters. The van der Waals surface area contributed by atoms with Crippen molar-refractivity contribution in [3.05, 3.63) is 35.8 Å². The predicted molar refractivity (Wildman–Crippen MR) is 76.4 cm³/mol. The van der Waals surface area contributed by atoms with E-state index in [2.05, 4.69) is 4.98 Å². The first-order valence-electron chi connectivity index (χ1n) is 6.88. The van der Waals surface area contributed by atoms with Gasteiger partial charge in [0.25, 0.3) is 5.91 Å². The Labute approximate surface area is 121 Å². The summed E-state index contributed by atoms with van der Waals surface area (Å²) in [7, 11) is 0. The fraction of sp³-hybridized carbons (Fsp3) is 0.333. The molecule has 1 saturated heterocycles. The fourth-order valence-electron chi connectivity index (χ4n) is 2.63. The molecule has 1 aliphatic heterocycles. The molecule has 1 aromatic carbocycles. The monoisotopic (exact) mass is 289 g/mol. The second kappa shape index (κ2) is 5.20. The molecule has 21 heavy (non-hydrogen) atoms. The highest BCUT2D eigenvalue weighted by atomic mass is 19.1. The number of para-hydroxylation sites is 1. The van der Waals surface area contributed by atoms with Gasteiger partial charge in [0.15, 0.2) is 0 Å². The van der Waals surface area contributed by atoms with Crippen LogP contribution >= 0.6 is 0 Å².